The summed E-state index contributed by atoms with van der Waals surface area (Å²) in [4.78, 5) is 4.60. The van der Waals surface area contributed by atoms with Gasteiger partial charge in [0, 0.05) is 24.8 Å². The van der Waals surface area contributed by atoms with Crippen molar-refractivity contribution in [2.75, 3.05) is 20.8 Å². The Morgan fingerprint density at radius 1 is 1.03 bits per heavy atom. The molecule has 0 bridgehead atoms. The highest BCUT2D eigenvalue weighted by Crippen LogP contribution is 2.34. The number of aliphatic hydroxyl groups is 3. The van der Waals surface area contributed by atoms with E-state index in [1.165, 1.54) is 14.2 Å². The predicted octanol–water partition coefficient (Wildman–Crippen LogP) is 2.46. The summed E-state index contributed by atoms with van der Waals surface area (Å²) < 4.78 is 16.4. The maximum atomic E-state index is 10.4. The number of oxime groups is 1. The zero-order valence-corrected chi connectivity index (χ0v) is 18.7. The van der Waals surface area contributed by atoms with Crippen LogP contribution in [0.5, 0.6) is 5.75 Å². The van der Waals surface area contributed by atoms with Crippen LogP contribution < -0.4 is 4.74 Å². The lowest BCUT2D eigenvalue weighted by atomic mass is 9.92. The van der Waals surface area contributed by atoms with Gasteiger partial charge in [0.2, 0.25) is 0 Å². The van der Waals surface area contributed by atoms with Gasteiger partial charge in [0.05, 0.1) is 6.61 Å². The van der Waals surface area contributed by atoms with Crippen LogP contribution in [0.1, 0.15) is 29.2 Å². The van der Waals surface area contributed by atoms with Gasteiger partial charge in [0.15, 0.2) is 6.29 Å². The third kappa shape index (κ3) is 5.98. The van der Waals surface area contributed by atoms with Gasteiger partial charge in [-0.05, 0) is 41.3 Å². The molecule has 2 aromatic rings. The van der Waals surface area contributed by atoms with Crippen LogP contribution in [0.4, 0.5) is 0 Å². The Morgan fingerprint density at radius 3 is 2.47 bits per heavy atom. The van der Waals surface area contributed by atoms with Crippen molar-refractivity contribution in [2.45, 2.75) is 43.5 Å². The van der Waals surface area contributed by atoms with E-state index in [4.69, 9.17) is 25.8 Å². The second kappa shape index (κ2) is 11.6. The predicted molar refractivity (Wildman–Crippen MR) is 119 cm³/mol. The van der Waals surface area contributed by atoms with Gasteiger partial charge in [-0.25, -0.2) is 0 Å². The number of ether oxygens (including phenoxy) is 3. The lowest BCUT2D eigenvalue weighted by Crippen LogP contribution is -2.54. The highest BCUT2D eigenvalue weighted by molar-refractivity contribution is 6.31. The first-order chi connectivity index (χ1) is 15.4. The molecule has 1 fully saturated rings. The van der Waals surface area contributed by atoms with Crippen molar-refractivity contribution in [3.05, 3.63) is 64.2 Å². The first-order valence-electron chi connectivity index (χ1n) is 10.2. The van der Waals surface area contributed by atoms with Crippen molar-refractivity contribution in [1.29, 1.82) is 0 Å². The second-order valence-corrected chi connectivity index (χ2v) is 7.82. The highest BCUT2D eigenvalue weighted by atomic mass is 35.5. The average molecular weight is 466 g/mol. The van der Waals surface area contributed by atoms with Crippen molar-refractivity contribution in [1.82, 2.24) is 0 Å². The smallest absolute Gasteiger partial charge is 0.186 e. The van der Waals surface area contributed by atoms with Crippen LogP contribution in [0, 0.1) is 0 Å². The van der Waals surface area contributed by atoms with Crippen LogP contribution in [-0.2, 0) is 20.7 Å². The summed E-state index contributed by atoms with van der Waals surface area (Å²) in [5, 5.41) is 34.8. The van der Waals surface area contributed by atoms with E-state index < -0.39 is 30.7 Å². The fraction of sp³-hybridized carbons (Fsp3) is 0.435. The molecule has 1 heterocycles. The Labute approximate surface area is 191 Å². The van der Waals surface area contributed by atoms with E-state index in [0.717, 1.165) is 16.9 Å². The summed E-state index contributed by atoms with van der Waals surface area (Å²) in [6.45, 7) is 0.493. The van der Waals surface area contributed by atoms with Gasteiger partial charge < -0.3 is 34.4 Å². The van der Waals surface area contributed by atoms with E-state index in [-0.39, 0.29) is 0 Å². The summed E-state index contributed by atoms with van der Waals surface area (Å²) in [5.41, 5.74) is 2.48. The van der Waals surface area contributed by atoms with Crippen molar-refractivity contribution in [3.8, 4) is 5.75 Å². The van der Waals surface area contributed by atoms with Crippen LogP contribution in [0.2, 0.25) is 5.02 Å². The molecule has 0 aromatic heterocycles. The van der Waals surface area contributed by atoms with Gasteiger partial charge in [-0.1, -0.05) is 41.0 Å². The number of benzene rings is 2. The molecule has 1 aliphatic rings. The van der Waals surface area contributed by atoms with Crippen LogP contribution in [-0.4, -0.2) is 67.0 Å². The molecule has 1 aliphatic heterocycles. The molecule has 3 rings (SSSR count). The van der Waals surface area contributed by atoms with Gasteiger partial charge in [0.1, 0.15) is 37.3 Å². The minimum Gasteiger partial charge on any atom is -0.493 e. The van der Waals surface area contributed by atoms with Crippen molar-refractivity contribution in [2.24, 2.45) is 5.16 Å². The third-order valence-electron chi connectivity index (χ3n) is 5.21. The molecule has 9 heteroatoms. The number of halogens is 1. The highest BCUT2D eigenvalue weighted by Gasteiger charge is 2.44. The van der Waals surface area contributed by atoms with Crippen molar-refractivity contribution < 1.29 is 34.4 Å². The average Bonchev–Trinajstić information content (AvgIpc) is 2.80. The SMILES string of the molecule is CON=CCCOc1ccc(Cc2cc(C3O[C@H](OC)[C@@H](O)[C@H](O)[C@H]3O)ccc2Cl)cc1. The van der Waals surface area contributed by atoms with E-state index in [1.807, 2.05) is 30.3 Å². The summed E-state index contributed by atoms with van der Waals surface area (Å²) in [6, 6.07) is 12.9. The number of rotatable bonds is 9. The molecule has 8 nitrogen and oxygen atoms in total. The molecule has 3 N–H and O–H groups in total. The third-order valence-corrected chi connectivity index (χ3v) is 5.58. The minimum atomic E-state index is -1.40. The van der Waals surface area contributed by atoms with Gasteiger partial charge in [-0.3, -0.25) is 0 Å². The zero-order valence-electron chi connectivity index (χ0n) is 17.9. The van der Waals surface area contributed by atoms with Crippen LogP contribution >= 0.6 is 11.6 Å². The molecule has 1 saturated heterocycles. The monoisotopic (exact) mass is 465 g/mol. The van der Waals surface area contributed by atoms with Crippen molar-refractivity contribution in [3.63, 3.8) is 0 Å². The summed E-state index contributed by atoms with van der Waals surface area (Å²) >= 11 is 6.41. The topological polar surface area (TPSA) is 110 Å². The number of nitrogens with zero attached hydrogens (tertiary/aromatic N) is 1. The Morgan fingerprint density at radius 2 is 1.78 bits per heavy atom. The summed E-state index contributed by atoms with van der Waals surface area (Å²) in [6.07, 6.45) is -3.13. The fourth-order valence-electron chi connectivity index (χ4n) is 3.51. The number of hydrogen-bond donors (Lipinski definition) is 3. The largest absolute Gasteiger partial charge is 0.493 e. The molecular formula is C23H28ClNO7. The Balaban J connectivity index is 1.69. The van der Waals surface area contributed by atoms with Crippen LogP contribution in [0.25, 0.3) is 0 Å². The van der Waals surface area contributed by atoms with Gasteiger partial charge in [0.25, 0.3) is 0 Å². The molecule has 1 unspecified atom stereocenters. The number of methoxy groups -OCH3 is 1. The van der Waals surface area contributed by atoms with Crippen LogP contribution in [0.15, 0.2) is 47.6 Å². The van der Waals surface area contributed by atoms with Crippen molar-refractivity contribution >= 4 is 17.8 Å². The van der Waals surface area contributed by atoms with Gasteiger partial charge in [-0.2, -0.15) is 0 Å². The zero-order chi connectivity index (χ0) is 23.1. The summed E-state index contributed by atoms with van der Waals surface area (Å²) in [5.74, 6) is 0.747. The molecule has 0 spiro atoms. The number of aliphatic hydroxyl groups excluding tert-OH is 3. The Hall–Kier alpha value is -2.20. The molecule has 0 saturated carbocycles. The standard InChI is InChI=1S/C23H28ClNO7/c1-29-23-21(28)19(26)20(27)22(32-23)15-6-9-18(24)16(13-15)12-14-4-7-17(8-5-14)31-11-3-10-25-30-2/h4-10,13,19-23,26-28H,3,11-12H2,1-2H3/t19-,20-,21+,22?,23+/m1/s1. The lowest BCUT2D eigenvalue weighted by molar-refractivity contribution is -0.292. The molecule has 5 atom stereocenters. The maximum absolute atomic E-state index is 10.4. The van der Waals surface area contributed by atoms with E-state index >= 15 is 0 Å². The first kappa shape index (κ1) is 24.4. The summed E-state index contributed by atoms with van der Waals surface area (Å²) in [7, 11) is 2.86. The Bertz CT molecular complexity index is 890. The second-order valence-electron chi connectivity index (χ2n) is 7.41. The number of hydrogen-bond acceptors (Lipinski definition) is 8. The fourth-order valence-corrected chi connectivity index (χ4v) is 3.69. The molecule has 0 aliphatic carbocycles. The Kier molecular flexibility index (Phi) is 8.86. The molecule has 32 heavy (non-hydrogen) atoms. The van der Waals surface area contributed by atoms with E-state index in [0.29, 0.717) is 30.0 Å². The molecule has 0 radical (unpaired) electrons. The van der Waals surface area contributed by atoms with Crippen LogP contribution in [0.3, 0.4) is 0 Å². The molecule has 0 amide bonds. The normalized spacial score (nSPS) is 25.8. The van der Waals surface area contributed by atoms with Gasteiger partial charge in [-0.15, -0.1) is 0 Å². The maximum Gasteiger partial charge on any atom is 0.186 e. The van der Waals surface area contributed by atoms with E-state index in [9.17, 15) is 15.3 Å². The van der Waals surface area contributed by atoms with Gasteiger partial charge >= 0.3 is 0 Å². The van der Waals surface area contributed by atoms with E-state index in [1.54, 1.807) is 18.3 Å². The van der Waals surface area contributed by atoms with E-state index in [2.05, 4.69) is 9.99 Å². The molecular weight excluding hydrogens is 438 g/mol. The molecule has 2 aromatic carbocycles. The quantitative estimate of drug-likeness (QED) is 0.296. The first-order valence-corrected chi connectivity index (χ1v) is 10.6. The minimum absolute atomic E-state index is 0.493. The molecule has 174 valence electrons. The lowest BCUT2D eigenvalue weighted by Gasteiger charge is -2.40.